The molecule has 1 unspecified atom stereocenters. The Morgan fingerprint density at radius 3 is 2.14 bits per heavy atom. The summed E-state index contributed by atoms with van der Waals surface area (Å²) < 4.78 is 0. The fraction of sp³-hybridized carbons (Fsp3) is 0.211. The van der Waals surface area contributed by atoms with Crippen molar-refractivity contribution in [1.29, 1.82) is 0 Å². The molecule has 3 heteroatoms. The summed E-state index contributed by atoms with van der Waals surface area (Å²) in [6, 6.07) is 18.3. The first-order valence-electron chi connectivity index (χ1n) is 7.17. The third kappa shape index (κ3) is 3.55. The molecule has 0 aromatic heterocycles. The summed E-state index contributed by atoms with van der Waals surface area (Å²) in [5.74, 6) is 4.91. The number of carboxylic acids is 1. The molecule has 0 amide bonds. The first-order valence-corrected chi connectivity index (χ1v) is 7.17. The number of aliphatic carboxylic acids is 1. The van der Waals surface area contributed by atoms with Crippen LogP contribution in [0.5, 0.6) is 0 Å². The molecule has 0 saturated heterocycles. The molecular weight excluding hydrogens is 276 g/mol. The van der Waals surface area contributed by atoms with E-state index in [2.05, 4.69) is 11.8 Å². The number of aliphatic hydroxyl groups is 1. The minimum atomic E-state index is -1.31. The van der Waals surface area contributed by atoms with Crippen LogP contribution in [0.25, 0.3) is 0 Å². The number of aliphatic hydroxyl groups excluding tert-OH is 1. The highest BCUT2D eigenvalue weighted by Crippen LogP contribution is 2.29. The molecule has 112 valence electrons. The number of rotatable bonds is 5. The number of hydrogen-bond acceptors (Lipinski definition) is 2. The normalized spacial score (nSPS) is 12.8. The Labute approximate surface area is 130 Å². The molecule has 2 aromatic rings. The minimum Gasteiger partial charge on any atom is -0.480 e. The lowest BCUT2D eigenvalue weighted by atomic mass is 9.77. The lowest BCUT2D eigenvalue weighted by Gasteiger charge is -2.24. The van der Waals surface area contributed by atoms with Crippen LogP contribution >= 0.6 is 0 Å². The van der Waals surface area contributed by atoms with Crippen LogP contribution in [0.15, 0.2) is 60.7 Å². The first kappa shape index (κ1) is 15.8. The minimum absolute atomic E-state index is 0.0606. The summed E-state index contributed by atoms with van der Waals surface area (Å²) in [6.45, 7) is -0.0606. The molecule has 0 aliphatic heterocycles. The standard InChI is InChI=1S/C19H18O3/c20-15-7-13-19(18(21)22,17-10-5-2-6-11-17)14-12-16-8-3-1-4-9-16/h1-6,8-11,20H,7,13,15H2,(H,21,22). The second-order valence-corrected chi connectivity index (χ2v) is 5.02. The summed E-state index contributed by atoms with van der Waals surface area (Å²) in [6.07, 6.45) is 0.646. The van der Waals surface area contributed by atoms with Crippen LogP contribution in [0.3, 0.4) is 0 Å². The molecule has 0 saturated carbocycles. The molecule has 2 aromatic carbocycles. The van der Waals surface area contributed by atoms with Gasteiger partial charge in [-0.3, -0.25) is 4.79 Å². The van der Waals surface area contributed by atoms with Crippen molar-refractivity contribution in [3.63, 3.8) is 0 Å². The van der Waals surface area contributed by atoms with Crippen molar-refractivity contribution >= 4 is 5.97 Å². The topological polar surface area (TPSA) is 57.5 Å². The zero-order chi connectivity index (χ0) is 15.8. The van der Waals surface area contributed by atoms with Gasteiger partial charge in [-0.15, -0.1) is 0 Å². The third-order valence-corrected chi connectivity index (χ3v) is 3.54. The molecule has 0 radical (unpaired) electrons. The Bertz CT molecular complexity index is 668. The zero-order valence-corrected chi connectivity index (χ0v) is 12.2. The molecule has 0 aliphatic carbocycles. The van der Waals surface area contributed by atoms with Gasteiger partial charge in [-0.1, -0.05) is 60.4 Å². The highest BCUT2D eigenvalue weighted by atomic mass is 16.4. The second kappa shape index (κ2) is 7.44. The molecule has 0 heterocycles. The van der Waals surface area contributed by atoms with Crippen LogP contribution in [0, 0.1) is 11.8 Å². The zero-order valence-electron chi connectivity index (χ0n) is 12.2. The average Bonchev–Trinajstić information content (AvgIpc) is 2.57. The number of hydrogen-bond donors (Lipinski definition) is 2. The fourth-order valence-electron chi connectivity index (χ4n) is 2.33. The summed E-state index contributed by atoms with van der Waals surface area (Å²) in [4.78, 5) is 12.0. The quantitative estimate of drug-likeness (QED) is 0.834. The molecule has 22 heavy (non-hydrogen) atoms. The Kier molecular flexibility index (Phi) is 5.35. The van der Waals surface area contributed by atoms with Gasteiger partial charge in [0.1, 0.15) is 0 Å². The summed E-state index contributed by atoms with van der Waals surface area (Å²) in [7, 11) is 0. The van der Waals surface area contributed by atoms with E-state index >= 15 is 0 Å². The summed E-state index contributed by atoms with van der Waals surface area (Å²) in [5, 5.41) is 18.9. The van der Waals surface area contributed by atoms with Crippen LogP contribution in [0.2, 0.25) is 0 Å². The van der Waals surface area contributed by atoms with E-state index in [1.165, 1.54) is 0 Å². The Balaban J connectivity index is 2.49. The monoisotopic (exact) mass is 294 g/mol. The van der Waals surface area contributed by atoms with E-state index < -0.39 is 11.4 Å². The third-order valence-electron chi connectivity index (χ3n) is 3.54. The van der Waals surface area contributed by atoms with Crippen LogP contribution < -0.4 is 0 Å². The molecule has 1 atom stereocenters. The van der Waals surface area contributed by atoms with E-state index in [1.807, 2.05) is 36.4 Å². The fourth-order valence-corrected chi connectivity index (χ4v) is 2.33. The average molecular weight is 294 g/mol. The maximum Gasteiger partial charge on any atom is 0.326 e. The van der Waals surface area contributed by atoms with Crippen LogP contribution in [0.1, 0.15) is 24.0 Å². The van der Waals surface area contributed by atoms with Crippen molar-refractivity contribution in [2.24, 2.45) is 0 Å². The maximum absolute atomic E-state index is 12.0. The second-order valence-electron chi connectivity index (χ2n) is 5.02. The van der Waals surface area contributed by atoms with Crippen molar-refractivity contribution < 1.29 is 15.0 Å². The van der Waals surface area contributed by atoms with Gasteiger partial charge in [-0.2, -0.15) is 0 Å². The number of carboxylic acid groups (broad SMARTS) is 1. The van der Waals surface area contributed by atoms with Crippen LogP contribution in [-0.2, 0) is 10.2 Å². The molecule has 2 rings (SSSR count). The Hall–Kier alpha value is -2.57. The van der Waals surface area contributed by atoms with E-state index in [4.69, 9.17) is 5.11 Å². The van der Waals surface area contributed by atoms with E-state index in [1.54, 1.807) is 24.3 Å². The van der Waals surface area contributed by atoms with Gasteiger partial charge in [0.25, 0.3) is 0 Å². The lowest BCUT2D eigenvalue weighted by molar-refractivity contribution is -0.141. The van der Waals surface area contributed by atoms with E-state index in [0.29, 0.717) is 12.0 Å². The maximum atomic E-state index is 12.0. The lowest BCUT2D eigenvalue weighted by Crippen LogP contribution is -2.34. The van der Waals surface area contributed by atoms with Crippen molar-refractivity contribution in [3.05, 3.63) is 71.8 Å². The van der Waals surface area contributed by atoms with E-state index in [0.717, 1.165) is 5.56 Å². The van der Waals surface area contributed by atoms with E-state index in [-0.39, 0.29) is 13.0 Å². The number of benzene rings is 2. The van der Waals surface area contributed by atoms with Gasteiger partial charge in [-0.25, -0.2) is 0 Å². The van der Waals surface area contributed by atoms with Gasteiger partial charge in [0, 0.05) is 12.2 Å². The van der Waals surface area contributed by atoms with Crippen molar-refractivity contribution in [1.82, 2.24) is 0 Å². The van der Waals surface area contributed by atoms with Gasteiger partial charge >= 0.3 is 5.97 Å². The molecule has 0 aliphatic rings. The van der Waals surface area contributed by atoms with E-state index in [9.17, 15) is 9.90 Å². The molecule has 3 nitrogen and oxygen atoms in total. The smallest absolute Gasteiger partial charge is 0.326 e. The van der Waals surface area contributed by atoms with Gasteiger partial charge in [0.15, 0.2) is 5.41 Å². The van der Waals surface area contributed by atoms with Crippen LogP contribution in [-0.4, -0.2) is 22.8 Å². The molecular formula is C19H18O3. The predicted molar refractivity (Wildman–Crippen MR) is 85.4 cm³/mol. The summed E-state index contributed by atoms with van der Waals surface area (Å²) >= 11 is 0. The summed E-state index contributed by atoms with van der Waals surface area (Å²) in [5.41, 5.74) is 0.104. The van der Waals surface area contributed by atoms with Gasteiger partial charge in [-0.05, 0) is 30.5 Å². The molecule has 2 N–H and O–H groups in total. The van der Waals surface area contributed by atoms with Gasteiger partial charge in [0.05, 0.1) is 0 Å². The predicted octanol–water partition coefficient (Wildman–Crippen LogP) is 2.83. The van der Waals surface area contributed by atoms with Gasteiger partial charge < -0.3 is 10.2 Å². The van der Waals surface area contributed by atoms with Crippen LogP contribution in [0.4, 0.5) is 0 Å². The highest BCUT2D eigenvalue weighted by Gasteiger charge is 2.38. The Morgan fingerprint density at radius 1 is 1.00 bits per heavy atom. The molecule has 0 spiro atoms. The number of carbonyl (C=O) groups is 1. The first-order chi connectivity index (χ1) is 10.7. The SMILES string of the molecule is O=C(O)C(C#Cc1ccccc1)(CCCO)c1ccccc1. The highest BCUT2D eigenvalue weighted by molar-refractivity contribution is 5.86. The van der Waals surface area contributed by atoms with Crippen molar-refractivity contribution in [3.8, 4) is 11.8 Å². The van der Waals surface area contributed by atoms with Crippen molar-refractivity contribution in [2.45, 2.75) is 18.3 Å². The Morgan fingerprint density at radius 2 is 1.59 bits per heavy atom. The molecule has 0 fully saturated rings. The largest absolute Gasteiger partial charge is 0.480 e. The molecule has 0 bridgehead atoms. The van der Waals surface area contributed by atoms with Crippen molar-refractivity contribution in [2.75, 3.05) is 6.61 Å². The van der Waals surface area contributed by atoms with Gasteiger partial charge in [0.2, 0.25) is 0 Å².